The lowest BCUT2D eigenvalue weighted by Crippen LogP contribution is -2.47. The highest BCUT2D eigenvalue weighted by Crippen LogP contribution is 2.18. The fourth-order valence-electron chi connectivity index (χ4n) is 1.92. The van der Waals surface area contributed by atoms with Crippen molar-refractivity contribution in [1.82, 2.24) is 10.2 Å². The molecule has 1 fully saturated rings. The molecule has 1 saturated heterocycles. The third-order valence-corrected chi connectivity index (χ3v) is 2.91. The van der Waals surface area contributed by atoms with Crippen LogP contribution in [-0.2, 0) is 9.59 Å². The quantitative estimate of drug-likeness (QED) is 0.539. The fraction of sp³-hybridized carbons (Fsp3) is 0.727. The van der Waals surface area contributed by atoms with Crippen LogP contribution in [0.15, 0.2) is 0 Å². The van der Waals surface area contributed by atoms with Crippen molar-refractivity contribution in [2.24, 2.45) is 5.92 Å². The maximum atomic E-state index is 11.7. The fourth-order valence-corrected chi connectivity index (χ4v) is 1.92. The monoisotopic (exact) mass is 223 g/mol. The summed E-state index contributed by atoms with van der Waals surface area (Å²) in [5.41, 5.74) is 0. The van der Waals surface area contributed by atoms with Gasteiger partial charge in [0.2, 0.25) is 0 Å². The van der Waals surface area contributed by atoms with E-state index in [-0.39, 0.29) is 6.54 Å². The van der Waals surface area contributed by atoms with Gasteiger partial charge in [0.25, 0.3) is 0 Å². The molecule has 88 valence electrons. The first kappa shape index (κ1) is 12.5. The Morgan fingerprint density at radius 1 is 1.56 bits per heavy atom. The van der Waals surface area contributed by atoms with Gasteiger partial charge in [0, 0.05) is 13.1 Å². The van der Waals surface area contributed by atoms with E-state index in [0.717, 1.165) is 19.3 Å². The van der Waals surface area contributed by atoms with Gasteiger partial charge in [-0.1, -0.05) is 13.3 Å². The number of likely N-dealkylation sites (tertiary alicyclic amines) is 1. The topological polar surface area (TPSA) is 73.2 Å². The number of rotatable bonds is 2. The molecule has 0 aliphatic carbocycles. The molecule has 0 aromatic carbocycles. The van der Waals surface area contributed by atoms with Crippen LogP contribution in [0, 0.1) is 17.2 Å². The minimum absolute atomic E-state index is 0.115. The Morgan fingerprint density at radius 3 is 2.94 bits per heavy atom. The average Bonchev–Trinajstić information content (AvgIpc) is 2.35. The number of nitriles is 1. The summed E-state index contributed by atoms with van der Waals surface area (Å²) in [6, 6.07) is 1.77. The van der Waals surface area contributed by atoms with E-state index in [4.69, 9.17) is 5.26 Å². The number of carbonyl (C=O) groups is 2. The molecule has 5 heteroatoms. The van der Waals surface area contributed by atoms with Gasteiger partial charge in [-0.25, -0.2) is 0 Å². The normalized spacial score (nSPS) is 20.0. The molecule has 1 rings (SSSR count). The molecule has 0 spiro atoms. The number of amides is 2. The van der Waals surface area contributed by atoms with E-state index in [0.29, 0.717) is 19.0 Å². The molecule has 1 unspecified atom stereocenters. The predicted molar refractivity (Wildman–Crippen MR) is 58.2 cm³/mol. The second kappa shape index (κ2) is 6.11. The molecule has 0 bridgehead atoms. The Hall–Kier alpha value is -1.57. The molecule has 0 aromatic rings. The van der Waals surface area contributed by atoms with Crippen molar-refractivity contribution in [3.05, 3.63) is 0 Å². The van der Waals surface area contributed by atoms with Crippen LogP contribution in [0.5, 0.6) is 0 Å². The number of hydrogen-bond donors (Lipinski definition) is 1. The van der Waals surface area contributed by atoms with Crippen molar-refractivity contribution < 1.29 is 9.59 Å². The zero-order valence-electron chi connectivity index (χ0n) is 9.53. The summed E-state index contributed by atoms with van der Waals surface area (Å²) in [5, 5.41) is 10.6. The van der Waals surface area contributed by atoms with Gasteiger partial charge in [-0.05, 0) is 18.8 Å². The van der Waals surface area contributed by atoms with E-state index in [9.17, 15) is 9.59 Å². The number of nitrogens with one attached hydrogen (secondary N) is 1. The Kier molecular flexibility index (Phi) is 4.77. The van der Waals surface area contributed by atoms with Crippen molar-refractivity contribution in [3.8, 4) is 6.07 Å². The Morgan fingerprint density at radius 2 is 2.31 bits per heavy atom. The van der Waals surface area contributed by atoms with Crippen LogP contribution in [0.25, 0.3) is 0 Å². The molecule has 0 saturated carbocycles. The smallest absolute Gasteiger partial charge is 0.311 e. The molecule has 0 aromatic heterocycles. The van der Waals surface area contributed by atoms with Crippen LogP contribution < -0.4 is 5.32 Å². The molecule has 1 aliphatic rings. The van der Waals surface area contributed by atoms with E-state index in [1.165, 1.54) is 0 Å². The third kappa shape index (κ3) is 3.23. The highest BCUT2D eigenvalue weighted by Gasteiger charge is 2.26. The molecular formula is C11H17N3O2. The van der Waals surface area contributed by atoms with Gasteiger partial charge in [-0.2, -0.15) is 5.26 Å². The lowest BCUT2D eigenvalue weighted by atomic mass is 9.95. The summed E-state index contributed by atoms with van der Waals surface area (Å²) in [7, 11) is 0. The SMILES string of the molecule is CCC1CCCN(C(=O)C(=O)NCC#N)C1. The molecule has 1 aliphatic heterocycles. The van der Waals surface area contributed by atoms with Gasteiger partial charge in [-0.3, -0.25) is 9.59 Å². The van der Waals surface area contributed by atoms with Gasteiger partial charge >= 0.3 is 11.8 Å². The van der Waals surface area contributed by atoms with Crippen LogP contribution >= 0.6 is 0 Å². The first-order chi connectivity index (χ1) is 7.69. The minimum atomic E-state index is -0.668. The van der Waals surface area contributed by atoms with E-state index in [1.807, 2.05) is 0 Å². The van der Waals surface area contributed by atoms with Crippen molar-refractivity contribution in [3.63, 3.8) is 0 Å². The lowest BCUT2D eigenvalue weighted by Gasteiger charge is -2.31. The summed E-state index contributed by atoms with van der Waals surface area (Å²) < 4.78 is 0. The Bertz CT molecular complexity index is 309. The van der Waals surface area contributed by atoms with E-state index >= 15 is 0 Å². The molecular weight excluding hydrogens is 206 g/mol. The highest BCUT2D eigenvalue weighted by molar-refractivity contribution is 6.35. The Balaban J connectivity index is 2.47. The van der Waals surface area contributed by atoms with Crippen LogP contribution in [0.4, 0.5) is 0 Å². The Labute approximate surface area is 95.4 Å². The second-order valence-electron chi connectivity index (χ2n) is 4.01. The first-order valence-electron chi connectivity index (χ1n) is 5.63. The van der Waals surface area contributed by atoms with Gasteiger partial charge in [0.15, 0.2) is 0 Å². The van der Waals surface area contributed by atoms with Crippen LogP contribution in [0.1, 0.15) is 26.2 Å². The largest absolute Gasteiger partial charge is 0.335 e. The highest BCUT2D eigenvalue weighted by atomic mass is 16.2. The summed E-state index contributed by atoms with van der Waals surface area (Å²) >= 11 is 0. The zero-order chi connectivity index (χ0) is 12.0. The van der Waals surface area contributed by atoms with Crippen molar-refractivity contribution >= 4 is 11.8 Å². The summed E-state index contributed by atoms with van der Waals surface area (Å²) in [5.74, 6) is -0.673. The van der Waals surface area contributed by atoms with Crippen molar-refractivity contribution in [2.75, 3.05) is 19.6 Å². The minimum Gasteiger partial charge on any atom is -0.335 e. The van der Waals surface area contributed by atoms with E-state index < -0.39 is 11.8 Å². The van der Waals surface area contributed by atoms with Crippen molar-refractivity contribution in [2.45, 2.75) is 26.2 Å². The third-order valence-electron chi connectivity index (χ3n) is 2.91. The van der Waals surface area contributed by atoms with Gasteiger partial charge in [-0.15, -0.1) is 0 Å². The van der Waals surface area contributed by atoms with E-state index in [2.05, 4.69) is 12.2 Å². The maximum Gasteiger partial charge on any atom is 0.311 e. The molecule has 5 nitrogen and oxygen atoms in total. The van der Waals surface area contributed by atoms with E-state index in [1.54, 1.807) is 11.0 Å². The van der Waals surface area contributed by atoms with Crippen molar-refractivity contribution in [1.29, 1.82) is 5.26 Å². The molecule has 0 radical (unpaired) electrons. The molecule has 1 N–H and O–H groups in total. The number of piperidine rings is 1. The predicted octanol–water partition coefficient (Wildman–Crippen LogP) is 0.275. The zero-order valence-corrected chi connectivity index (χ0v) is 9.53. The van der Waals surface area contributed by atoms with Gasteiger partial charge in [0.1, 0.15) is 6.54 Å². The van der Waals surface area contributed by atoms with Crippen LogP contribution in [0.3, 0.4) is 0 Å². The maximum absolute atomic E-state index is 11.7. The average molecular weight is 223 g/mol. The number of carbonyl (C=O) groups excluding carboxylic acids is 2. The summed E-state index contributed by atoms with van der Waals surface area (Å²) in [6.45, 7) is 3.29. The first-order valence-corrected chi connectivity index (χ1v) is 5.63. The summed E-state index contributed by atoms with van der Waals surface area (Å²) in [4.78, 5) is 24.6. The van der Waals surface area contributed by atoms with Gasteiger partial charge < -0.3 is 10.2 Å². The molecule has 2 amide bonds. The second-order valence-corrected chi connectivity index (χ2v) is 4.01. The number of nitrogens with zero attached hydrogens (tertiary/aromatic N) is 2. The molecule has 1 atom stereocenters. The van der Waals surface area contributed by atoms with Crippen LogP contribution in [0.2, 0.25) is 0 Å². The molecule has 1 heterocycles. The van der Waals surface area contributed by atoms with Crippen LogP contribution in [-0.4, -0.2) is 36.3 Å². The van der Waals surface area contributed by atoms with Gasteiger partial charge in [0.05, 0.1) is 6.07 Å². The number of hydrogen-bond acceptors (Lipinski definition) is 3. The standard InChI is InChI=1S/C11H17N3O2/c1-2-9-4-3-7-14(8-9)11(16)10(15)13-6-5-12/h9H,2-4,6-8H2,1H3,(H,13,15). The summed E-state index contributed by atoms with van der Waals surface area (Å²) in [6.07, 6.45) is 3.11. The molecule has 16 heavy (non-hydrogen) atoms. The lowest BCUT2D eigenvalue weighted by molar-refractivity contribution is -0.146.